The first-order valence-corrected chi connectivity index (χ1v) is 7.26. The van der Waals surface area contributed by atoms with Crippen LogP contribution in [0, 0.1) is 3.57 Å². The zero-order valence-electron chi connectivity index (χ0n) is 10.6. The maximum absolute atomic E-state index is 5.63. The summed E-state index contributed by atoms with van der Waals surface area (Å²) in [5.41, 5.74) is 1.96. The Labute approximate surface area is 130 Å². The molecule has 5 heteroatoms. The van der Waals surface area contributed by atoms with Crippen molar-refractivity contribution in [3.63, 3.8) is 0 Å². The molecule has 0 aliphatic carbocycles. The molecule has 0 saturated heterocycles. The van der Waals surface area contributed by atoms with Crippen molar-refractivity contribution in [3.8, 4) is 11.5 Å². The molecule has 0 spiro atoms. The summed E-state index contributed by atoms with van der Waals surface area (Å²) in [6, 6.07) is 17.9. The summed E-state index contributed by atoms with van der Waals surface area (Å²) in [4.78, 5) is 0. The zero-order valence-corrected chi connectivity index (χ0v) is 12.7. The van der Waals surface area contributed by atoms with Crippen LogP contribution in [0.15, 0.2) is 59.0 Å². The Hall–Kier alpha value is -1.89. The third-order valence-electron chi connectivity index (χ3n) is 2.78. The molecule has 2 aromatic carbocycles. The van der Waals surface area contributed by atoms with E-state index in [0.717, 1.165) is 11.3 Å². The molecule has 0 fully saturated rings. The van der Waals surface area contributed by atoms with Gasteiger partial charge >= 0.3 is 0 Å². The number of benzene rings is 2. The predicted octanol–water partition coefficient (Wildman–Crippen LogP) is 3.95. The fourth-order valence-electron chi connectivity index (χ4n) is 1.77. The second-order valence-electron chi connectivity index (χ2n) is 4.23. The van der Waals surface area contributed by atoms with Gasteiger partial charge < -0.3 is 9.73 Å². The minimum absolute atomic E-state index is 0.514. The molecule has 3 rings (SSSR count). The lowest BCUT2D eigenvalue weighted by Crippen LogP contribution is -1.99. The topological polar surface area (TPSA) is 51.0 Å². The van der Waals surface area contributed by atoms with E-state index >= 15 is 0 Å². The Morgan fingerprint density at radius 1 is 0.950 bits per heavy atom. The Balaban J connectivity index is 1.67. The molecule has 4 nitrogen and oxygen atoms in total. The highest BCUT2D eigenvalue weighted by Gasteiger charge is 2.07. The molecule has 1 aromatic heterocycles. The molecule has 0 bridgehead atoms. The predicted molar refractivity (Wildman–Crippen MR) is 86.2 cm³/mol. The van der Waals surface area contributed by atoms with Crippen molar-refractivity contribution >= 4 is 28.3 Å². The number of rotatable bonds is 4. The fourth-order valence-corrected chi connectivity index (χ4v) is 2.13. The van der Waals surface area contributed by atoms with E-state index in [-0.39, 0.29) is 0 Å². The number of aromatic nitrogens is 2. The van der Waals surface area contributed by atoms with Crippen LogP contribution in [0.4, 0.5) is 5.69 Å². The number of anilines is 1. The number of hydrogen-bond acceptors (Lipinski definition) is 4. The molecule has 0 unspecified atom stereocenters. The van der Waals surface area contributed by atoms with E-state index in [1.54, 1.807) is 0 Å². The van der Waals surface area contributed by atoms with Gasteiger partial charge in [-0.2, -0.15) is 0 Å². The summed E-state index contributed by atoms with van der Waals surface area (Å²) >= 11 is 2.28. The van der Waals surface area contributed by atoms with Crippen LogP contribution in [0.1, 0.15) is 5.89 Å². The van der Waals surface area contributed by atoms with Crippen LogP contribution < -0.4 is 5.32 Å². The van der Waals surface area contributed by atoms with Gasteiger partial charge in [-0.1, -0.05) is 18.2 Å². The van der Waals surface area contributed by atoms with E-state index in [2.05, 4.69) is 38.1 Å². The molecule has 0 radical (unpaired) electrons. The largest absolute Gasteiger partial charge is 0.419 e. The average molecular weight is 377 g/mol. The molecule has 0 atom stereocenters. The minimum atomic E-state index is 0.514. The van der Waals surface area contributed by atoms with Crippen LogP contribution in [0.25, 0.3) is 11.5 Å². The molecule has 0 amide bonds. The lowest BCUT2D eigenvalue weighted by molar-refractivity contribution is 0.515. The van der Waals surface area contributed by atoms with Crippen molar-refractivity contribution in [3.05, 3.63) is 64.1 Å². The fraction of sp³-hybridized carbons (Fsp3) is 0.0667. The van der Waals surface area contributed by atoms with Crippen LogP contribution in [0.3, 0.4) is 0 Å². The van der Waals surface area contributed by atoms with Crippen molar-refractivity contribution in [1.82, 2.24) is 10.2 Å². The first-order chi connectivity index (χ1) is 9.81. The molecule has 100 valence electrons. The van der Waals surface area contributed by atoms with Gasteiger partial charge in [-0.05, 0) is 59.0 Å². The summed E-state index contributed by atoms with van der Waals surface area (Å²) < 4.78 is 6.83. The van der Waals surface area contributed by atoms with E-state index in [1.807, 2.05) is 54.6 Å². The van der Waals surface area contributed by atoms with Crippen LogP contribution in [0.2, 0.25) is 0 Å². The van der Waals surface area contributed by atoms with E-state index in [1.165, 1.54) is 3.57 Å². The quantitative estimate of drug-likeness (QED) is 0.700. The van der Waals surface area contributed by atoms with Crippen molar-refractivity contribution < 1.29 is 4.42 Å². The van der Waals surface area contributed by atoms with E-state index in [9.17, 15) is 0 Å². The van der Waals surface area contributed by atoms with E-state index in [0.29, 0.717) is 18.3 Å². The Kier molecular flexibility index (Phi) is 3.96. The van der Waals surface area contributed by atoms with Gasteiger partial charge in [0.25, 0.3) is 0 Å². The monoisotopic (exact) mass is 377 g/mol. The highest BCUT2D eigenvalue weighted by atomic mass is 127. The van der Waals surface area contributed by atoms with Gasteiger partial charge in [0.15, 0.2) is 0 Å². The first kappa shape index (κ1) is 13.1. The third-order valence-corrected chi connectivity index (χ3v) is 3.49. The van der Waals surface area contributed by atoms with Crippen molar-refractivity contribution in [2.24, 2.45) is 0 Å². The highest BCUT2D eigenvalue weighted by molar-refractivity contribution is 14.1. The average Bonchev–Trinajstić information content (AvgIpc) is 2.97. The molecule has 0 aliphatic rings. The molecule has 0 saturated carbocycles. The summed E-state index contributed by atoms with van der Waals surface area (Å²) in [6.45, 7) is 0.514. The lowest BCUT2D eigenvalue weighted by atomic mass is 10.2. The van der Waals surface area contributed by atoms with Gasteiger partial charge in [-0.15, -0.1) is 10.2 Å². The molecule has 1 heterocycles. The van der Waals surface area contributed by atoms with Crippen LogP contribution in [-0.4, -0.2) is 10.2 Å². The number of hydrogen-bond donors (Lipinski definition) is 1. The first-order valence-electron chi connectivity index (χ1n) is 6.18. The molecule has 3 aromatic rings. The molecule has 0 aliphatic heterocycles. The summed E-state index contributed by atoms with van der Waals surface area (Å²) in [5, 5.41) is 11.4. The minimum Gasteiger partial charge on any atom is -0.419 e. The normalized spacial score (nSPS) is 10.4. The Morgan fingerprint density at radius 2 is 1.70 bits per heavy atom. The Morgan fingerprint density at radius 3 is 2.45 bits per heavy atom. The van der Waals surface area contributed by atoms with Gasteiger partial charge in [0.2, 0.25) is 11.8 Å². The number of nitrogens with zero attached hydrogens (tertiary/aromatic N) is 2. The summed E-state index contributed by atoms with van der Waals surface area (Å²) in [5.74, 6) is 1.12. The maximum atomic E-state index is 5.63. The Bertz CT molecular complexity index is 680. The van der Waals surface area contributed by atoms with E-state index < -0.39 is 0 Å². The SMILES string of the molecule is Ic1ccc(NCc2nnc(-c3ccccc3)o2)cc1. The third kappa shape index (κ3) is 3.16. The maximum Gasteiger partial charge on any atom is 0.247 e. The van der Waals surface area contributed by atoms with Gasteiger partial charge in [0.1, 0.15) is 0 Å². The van der Waals surface area contributed by atoms with E-state index in [4.69, 9.17) is 4.42 Å². The number of nitrogens with one attached hydrogen (secondary N) is 1. The highest BCUT2D eigenvalue weighted by Crippen LogP contribution is 2.18. The zero-order chi connectivity index (χ0) is 13.8. The molecular weight excluding hydrogens is 365 g/mol. The molecular formula is C15H12IN3O. The van der Waals surface area contributed by atoms with Gasteiger partial charge in [0, 0.05) is 14.8 Å². The second-order valence-corrected chi connectivity index (χ2v) is 5.47. The summed E-state index contributed by atoms with van der Waals surface area (Å²) in [7, 11) is 0. The smallest absolute Gasteiger partial charge is 0.247 e. The standard InChI is InChI=1S/C15H12IN3O/c16-12-6-8-13(9-7-12)17-10-14-18-19-15(20-14)11-4-2-1-3-5-11/h1-9,17H,10H2. The van der Waals surface area contributed by atoms with Crippen molar-refractivity contribution in [2.45, 2.75) is 6.54 Å². The van der Waals surface area contributed by atoms with Gasteiger partial charge in [0.05, 0.1) is 6.54 Å². The second kappa shape index (κ2) is 6.04. The van der Waals surface area contributed by atoms with Crippen LogP contribution in [0.5, 0.6) is 0 Å². The van der Waals surface area contributed by atoms with Gasteiger partial charge in [-0.3, -0.25) is 0 Å². The molecule has 1 N–H and O–H groups in total. The van der Waals surface area contributed by atoms with Crippen LogP contribution in [-0.2, 0) is 6.54 Å². The van der Waals surface area contributed by atoms with Crippen LogP contribution >= 0.6 is 22.6 Å². The lowest BCUT2D eigenvalue weighted by Gasteiger charge is -2.02. The van der Waals surface area contributed by atoms with Crippen molar-refractivity contribution in [1.29, 1.82) is 0 Å². The van der Waals surface area contributed by atoms with Crippen molar-refractivity contribution in [2.75, 3.05) is 5.32 Å². The van der Waals surface area contributed by atoms with Gasteiger partial charge in [-0.25, -0.2) is 0 Å². The number of halogens is 1. The summed E-state index contributed by atoms with van der Waals surface area (Å²) in [6.07, 6.45) is 0. The molecule has 20 heavy (non-hydrogen) atoms.